The standard InChI is InChI=1S/C7H9N5O2/c1-4-5(9-3-8-4)2-12-6(13)10-11-7(12)14/h3H,2H2,1H3,(H,8,9)(H,10,13)(H,11,14). The lowest BCUT2D eigenvalue weighted by atomic mass is 10.3. The normalized spacial score (nSPS) is 10.6. The molecule has 0 aromatic carbocycles. The third kappa shape index (κ3) is 1.28. The first-order valence-electron chi connectivity index (χ1n) is 4.05. The summed E-state index contributed by atoms with van der Waals surface area (Å²) in [6.45, 7) is 2.00. The Kier molecular flexibility index (Phi) is 1.84. The van der Waals surface area contributed by atoms with Crippen molar-refractivity contribution in [3.05, 3.63) is 38.7 Å². The molecule has 14 heavy (non-hydrogen) atoms. The van der Waals surface area contributed by atoms with Gasteiger partial charge in [0, 0.05) is 5.69 Å². The van der Waals surface area contributed by atoms with Crippen LogP contribution in [0.15, 0.2) is 15.9 Å². The van der Waals surface area contributed by atoms with Crippen LogP contribution in [0.25, 0.3) is 0 Å². The molecule has 0 bridgehead atoms. The van der Waals surface area contributed by atoms with Crippen LogP contribution in [0.2, 0.25) is 0 Å². The third-order valence-electron chi connectivity index (χ3n) is 2.01. The molecule has 0 unspecified atom stereocenters. The van der Waals surface area contributed by atoms with Gasteiger partial charge in [-0.25, -0.2) is 29.3 Å². The molecule has 0 aliphatic rings. The van der Waals surface area contributed by atoms with Gasteiger partial charge in [-0.05, 0) is 6.92 Å². The summed E-state index contributed by atoms with van der Waals surface area (Å²) in [6.07, 6.45) is 1.52. The van der Waals surface area contributed by atoms with Crippen LogP contribution in [-0.2, 0) is 6.54 Å². The number of H-pyrrole nitrogens is 3. The average Bonchev–Trinajstić information content (AvgIpc) is 2.67. The number of imidazole rings is 1. The van der Waals surface area contributed by atoms with Gasteiger partial charge in [-0.15, -0.1) is 0 Å². The van der Waals surface area contributed by atoms with E-state index in [1.807, 2.05) is 6.92 Å². The molecule has 74 valence electrons. The zero-order valence-electron chi connectivity index (χ0n) is 7.50. The fourth-order valence-electron chi connectivity index (χ4n) is 1.17. The van der Waals surface area contributed by atoms with Crippen LogP contribution >= 0.6 is 0 Å². The highest BCUT2D eigenvalue weighted by atomic mass is 16.2. The van der Waals surface area contributed by atoms with Crippen molar-refractivity contribution in [1.82, 2.24) is 24.7 Å². The van der Waals surface area contributed by atoms with E-state index in [0.717, 1.165) is 10.3 Å². The molecule has 0 saturated carbocycles. The summed E-state index contributed by atoms with van der Waals surface area (Å²) >= 11 is 0. The Morgan fingerprint density at radius 3 is 2.50 bits per heavy atom. The molecule has 3 N–H and O–H groups in total. The molecule has 0 aliphatic carbocycles. The summed E-state index contributed by atoms with van der Waals surface area (Å²) in [4.78, 5) is 29.1. The van der Waals surface area contributed by atoms with Gasteiger partial charge in [0.1, 0.15) is 0 Å². The summed E-state index contributed by atoms with van der Waals surface area (Å²) in [5.74, 6) is 0. The van der Waals surface area contributed by atoms with Crippen molar-refractivity contribution in [2.24, 2.45) is 0 Å². The number of rotatable bonds is 2. The third-order valence-corrected chi connectivity index (χ3v) is 2.01. The number of aromatic nitrogens is 5. The SMILES string of the molecule is Cc1[nH]cnc1Cn1c(=O)[nH][nH]c1=O. The maximum atomic E-state index is 11.1. The van der Waals surface area contributed by atoms with E-state index in [0.29, 0.717) is 5.69 Å². The topological polar surface area (TPSA) is 99.3 Å². The summed E-state index contributed by atoms with van der Waals surface area (Å²) in [7, 11) is 0. The lowest BCUT2D eigenvalue weighted by Gasteiger charge is -1.95. The van der Waals surface area contributed by atoms with E-state index in [4.69, 9.17) is 0 Å². The van der Waals surface area contributed by atoms with Crippen molar-refractivity contribution < 1.29 is 0 Å². The Morgan fingerprint density at radius 2 is 2.00 bits per heavy atom. The van der Waals surface area contributed by atoms with Crippen LogP contribution in [0.1, 0.15) is 11.4 Å². The van der Waals surface area contributed by atoms with Crippen LogP contribution in [0.4, 0.5) is 0 Å². The van der Waals surface area contributed by atoms with E-state index in [-0.39, 0.29) is 6.54 Å². The van der Waals surface area contributed by atoms with Crippen LogP contribution in [0.3, 0.4) is 0 Å². The Bertz CT molecular complexity index is 515. The number of aromatic amines is 3. The minimum Gasteiger partial charge on any atom is -0.348 e. The summed E-state index contributed by atoms with van der Waals surface area (Å²) in [5, 5.41) is 4.40. The molecular formula is C7H9N5O2. The molecular weight excluding hydrogens is 186 g/mol. The van der Waals surface area contributed by atoms with Crippen molar-refractivity contribution >= 4 is 0 Å². The van der Waals surface area contributed by atoms with E-state index in [1.54, 1.807) is 0 Å². The molecule has 2 aromatic rings. The first-order valence-corrected chi connectivity index (χ1v) is 4.05. The molecule has 0 spiro atoms. The zero-order valence-corrected chi connectivity index (χ0v) is 7.50. The molecule has 7 heteroatoms. The van der Waals surface area contributed by atoms with Gasteiger partial charge in [-0.3, -0.25) is 0 Å². The summed E-state index contributed by atoms with van der Waals surface area (Å²) in [5.41, 5.74) is 0.601. The minimum absolute atomic E-state index is 0.174. The van der Waals surface area contributed by atoms with Gasteiger partial charge < -0.3 is 4.98 Å². The van der Waals surface area contributed by atoms with E-state index >= 15 is 0 Å². The quantitative estimate of drug-likeness (QED) is 0.569. The largest absolute Gasteiger partial charge is 0.348 e. The maximum Gasteiger partial charge on any atom is 0.344 e. The maximum absolute atomic E-state index is 11.1. The highest BCUT2D eigenvalue weighted by Crippen LogP contribution is 1.99. The number of aryl methyl sites for hydroxylation is 1. The van der Waals surface area contributed by atoms with Crippen LogP contribution in [0.5, 0.6) is 0 Å². The van der Waals surface area contributed by atoms with Gasteiger partial charge >= 0.3 is 11.4 Å². The smallest absolute Gasteiger partial charge is 0.344 e. The first kappa shape index (κ1) is 8.54. The fraction of sp³-hybridized carbons (Fsp3) is 0.286. The zero-order chi connectivity index (χ0) is 10.1. The van der Waals surface area contributed by atoms with Gasteiger partial charge in [0.25, 0.3) is 0 Å². The highest BCUT2D eigenvalue weighted by molar-refractivity contribution is 5.08. The molecule has 0 fully saturated rings. The Labute approximate surface area is 77.8 Å². The van der Waals surface area contributed by atoms with Crippen molar-refractivity contribution in [2.45, 2.75) is 13.5 Å². The molecule has 2 rings (SSSR count). The van der Waals surface area contributed by atoms with Crippen LogP contribution in [0, 0.1) is 6.92 Å². The molecule has 0 saturated heterocycles. The lowest BCUT2D eigenvalue weighted by Crippen LogP contribution is -2.27. The molecule has 0 amide bonds. The van der Waals surface area contributed by atoms with Gasteiger partial charge in [-0.1, -0.05) is 0 Å². The van der Waals surface area contributed by atoms with Gasteiger partial charge in [0.15, 0.2) is 0 Å². The van der Waals surface area contributed by atoms with E-state index in [2.05, 4.69) is 20.2 Å². The lowest BCUT2D eigenvalue weighted by molar-refractivity contribution is 0.715. The highest BCUT2D eigenvalue weighted by Gasteiger charge is 2.07. The van der Waals surface area contributed by atoms with Crippen molar-refractivity contribution in [1.29, 1.82) is 0 Å². The Balaban J connectivity index is 2.41. The second-order valence-corrected chi connectivity index (χ2v) is 2.92. The van der Waals surface area contributed by atoms with E-state index < -0.39 is 11.4 Å². The van der Waals surface area contributed by atoms with Gasteiger partial charge in [0.2, 0.25) is 0 Å². The number of hydrogen-bond donors (Lipinski definition) is 3. The minimum atomic E-state index is -0.461. The van der Waals surface area contributed by atoms with Crippen LogP contribution < -0.4 is 11.4 Å². The van der Waals surface area contributed by atoms with Crippen molar-refractivity contribution in [3.8, 4) is 0 Å². The van der Waals surface area contributed by atoms with Crippen molar-refractivity contribution in [3.63, 3.8) is 0 Å². The average molecular weight is 195 g/mol. The second-order valence-electron chi connectivity index (χ2n) is 2.92. The molecule has 7 nitrogen and oxygen atoms in total. The number of nitrogens with one attached hydrogen (secondary N) is 3. The van der Waals surface area contributed by atoms with Gasteiger partial charge in [0.05, 0.1) is 18.6 Å². The Hall–Kier alpha value is -2.05. The van der Waals surface area contributed by atoms with E-state index in [9.17, 15) is 9.59 Å². The second kappa shape index (κ2) is 3.02. The fourth-order valence-corrected chi connectivity index (χ4v) is 1.17. The number of hydrogen-bond acceptors (Lipinski definition) is 3. The molecule has 0 atom stereocenters. The molecule has 0 radical (unpaired) electrons. The molecule has 0 aliphatic heterocycles. The number of nitrogens with zero attached hydrogens (tertiary/aromatic N) is 2. The van der Waals surface area contributed by atoms with Crippen LogP contribution in [-0.4, -0.2) is 24.7 Å². The Morgan fingerprint density at radius 1 is 1.36 bits per heavy atom. The first-order chi connectivity index (χ1) is 6.68. The summed E-state index contributed by atoms with van der Waals surface area (Å²) < 4.78 is 1.04. The van der Waals surface area contributed by atoms with E-state index in [1.165, 1.54) is 6.33 Å². The monoisotopic (exact) mass is 195 g/mol. The van der Waals surface area contributed by atoms with Crippen molar-refractivity contribution in [2.75, 3.05) is 0 Å². The van der Waals surface area contributed by atoms with Gasteiger partial charge in [-0.2, -0.15) is 0 Å². The predicted octanol–water partition coefficient (Wildman–Crippen LogP) is -1.06. The summed E-state index contributed by atoms with van der Waals surface area (Å²) in [6, 6.07) is 0. The molecule has 2 aromatic heterocycles. The molecule has 2 heterocycles. The predicted molar refractivity (Wildman–Crippen MR) is 48.1 cm³/mol.